The molecule has 0 aliphatic heterocycles. The molecule has 9 heteroatoms. The molecule has 6 nitrogen and oxygen atoms in total. The van der Waals surface area contributed by atoms with Crippen molar-refractivity contribution in [2.45, 2.75) is 45.5 Å². The molecule has 0 bridgehead atoms. The molecule has 0 aliphatic rings. The quantitative estimate of drug-likeness (QED) is 0.301. The lowest BCUT2D eigenvalue weighted by molar-refractivity contribution is -0.137. The third-order valence-corrected chi connectivity index (χ3v) is 6.21. The van der Waals surface area contributed by atoms with E-state index in [4.69, 9.17) is 5.11 Å². The van der Waals surface area contributed by atoms with Gasteiger partial charge in [0.25, 0.3) is 5.91 Å². The van der Waals surface area contributed by atoms with Gasteiger partial charge in [-0.3, -0.25) is 9.48 Å². The molecule has 1 amide bonds. The number of aromatic nitrogens is 2. The van der Waals surface area contributed by atoms with Gasteiger partial charge in [0, 0.05) is 11.4 Å². The van der Waals surface area contributed by atoms with Crippen molar-refractivity contribution in [3.63, 3.8) is 0 Å². The number of aromatic carboxylic acids is 1. The van der Waals surface area contributed by atoms with Gasteiger partial charge in [-0.15, -0.1) is 0 Å². The number of nitrogens with zero attached hydrogens (tertiary/aromatic N) is 2. The number of hydrogen-bond donors (Lipinski definition) is 2. The minimum atomic E-state index is -4.41. The molecule has 37 heavy (non-hydrogen) atoms. The van der Waals surface area contributed by atoms with Gasteiger partial charge in [-0.05, 0) is 74.2 Å². The van der Waals surface area contributed by atoms with Crippen molar-refractivity contribution >= 4 is 22.8 Å². The second-order valence-electron chi connectivity index (χ2n) is 9.19. The molecule has 3 aromatic carbocycles. The molecule has 0 saturated carbocycles. The van der Waals surface area contributed by atoms with E-state index < -0.39 is 29.7 Å². The van der Waals surface area contributed by atoms with Gasteiger partial charge in [0.2, 0.25) is 0 Å². The zero-order valence-corrected chi connectivity index (χ0v) is 20.5. The third kappa shape index (κ3) is 5.50. The lowest BCUT2D eigenvalue weighted by atomic mass is 9.98. The van der Waals surface area contributed by atoms with Crippen molar-refractivity contribution in [2.75, 3.05) is 0 Å². The maximum absolute atomic E-state index is 13.4. The number of amides is 1. The molecular weight excluding hydrogens is 483 g/mol. The van der Waals surface area contributed by atoms with Gasteiger partial charge in [0.05, 0.1) is 22.7 Å². The largest absolute Gasteiger partial charge is 0.478 e. The molecule has 1 aromatic heterocycles. The second kappa shape index (κ2) is 10.1. The van der Waals surface area contributed by atoms with Crippen molar-refractivity contribution < 1.29 is 27.9 Å². The number of carboxylic acid groups (broad SMARTS) is 1. The lowest BCUT2D eigenvalue weighted by Crippen LogP contribution is -2.27. The number of carbonyl (C=O) groups excluding carboxylic acids is 1. The van der Waals surface area contributed by atoms with Crippen molar-refractivity contribution in [3.8, 4) is 0 Å². The molecule has 2 N–H and O–H groups in total. The summed E-state index contributed by atoms with van der Waals surface area (Å²) >= 11 is 0. The second-order valence-corrected chi connectivity index (χ2v) is 9.19. The summed E-state index contributed by atoms with van der Waals surface area (Å²) in [5, 5.41) is 17.3. The topological polar surface area (TPSA) is 84.2 Å². The molecule has 1 heterocycles. The van der Waals surface area contributed by atoms with Crippen LogP contribution >= 0.6 is 0 Å². The standard InChI is InChI=1S/C28H26F3N3O3/c1-16(2)34-23-6-4-5-21(15-18-7-13-22(14-8-18)28(29,30)31)24(23)25(33-34)26(35)32-17(3)19-9-11-20(12-10-19)27(36)37/h4-14,16-17H,15H2,1-3H3,(H,32,35)(H,36,37). The van der Waals surface area contributed by atoms with E-state index in [-0.39, 0.29) is 17.3 Å². The Morgan fingerprint density at radius 1 is 0.973 bits per heavy atom. The van der Waals surface area contributed by atoms with Crippen LogP contribution in [0, 0.1) is 0 Å². The summed E-state index contributed by atoms with van der Waals surface area (Å²) in [6.45, 7) is 5.69. The molecule has 0 fully saturated rings. The van der Waals surface area contributed by atoms with Crippen LogP contribution in [0.25, 0.3) is 10.9 Å². The Labute approximate surface area is 211 Å². The van der Waals surface area contributed by atoms with E-state index in [1.807, 2.05) is 32.0 Å². The van der Waals surface area contributed by atoms with Crippen molar-refractivity contribution in [1.82, 2.24) is 15.1 Å². The van der Waals surface area contributed by atoms with E-state index in [0.29, 0.717) is 17.4 Å². The van der Waals surface area contributed by atoms with Gasteiger partial charge in [0.15, 0.2) is 5.69 Å². The van der Waals surface area contributed by atoms with Crippen LogP contribution in [0.3, 0.4) is 0 Å². The van der Waals surface area contributed by atoms with Gasteiger partial charge in [0.1, 0.15) is 0 Å². The van der Waals surface area contributed by atoms with Gasteiger partial charge in [-0.25, -0.2) is 4.79 Å². The molecular formula is C28H26F3N3O3. The molecule has 0 aliphatic carbocycles. The summed E-state index contributed by atoms with van der Waals surface area (Å²) in [4.78, 5) is 24.5. The Hall–Kier alpha value is -4.14. The van der Waals surface area contributed by atoms with Crippen molar-refractivity contribution in [2.24, 2.45) is 0 Å². The molecule has 0 spiro atoms. The first-order valence-electron chi connectivity index (χ1n) is 11.8. The van der Waals surface area contributed by atoms with E-state index in [2.05, 4.69) is 10.4 Å². The van der Waals surface area contributed by atoms with E-state index >= 15 is 0 Å². The van der Waals surface area contributed by atoms with Crippen LogP contribution in [0.1, 0.15) is 76.0 Å². The molecule has 4 rings (SSSR count). The molecule has 4 aromatic rings. The van der Waals surface area contributed by atoms with E-state index in [0.717, 1.165) is 28.8 Å². The van der Waals surface area contributed by atoms with Crippen LogP contribution in [0.4, 0.5) is 13.2 Å². The number of alkyl halides is 3. The number of nitrogens with one attached hydrogen (secondary N) is 1. The Bertz CT molecular complexity index is 1440. The van der Waals surface area contributed by atoms with Crippen molar-refractivity contribution in [3.05, 3.63) is 100 Å². The zero-order valence-electron chi connectivity index (χ0n) is 20.5. The van der Waals surface area contributed by atoms with Crippen LogP contribution in [0.2, 0.25) is 0 Å². The highest BCUT2D eigenvalue weighted by Gasteiger charge is 2.30. The van der Waals surface area contributed by atoms with Crippen LogP contribution in [0.5, 0.6) is 0 Å². The molecule has 0 radical (unpaired) electrons. The van der Waals surface area contributed by atoms with E-state index in [1.165, 1.54) is 24.3 Å². The SMILES string of the molecule is CC(NC(=O)c1nn(C(C)C)c2cccc(Cc3ccc(C(F)(F)F)cc3)c12)c1ccc(C(=O)O)cc1. The van der Waals surface area contributed by atoms with Crippen molar-refractivity contribution in [1.29, 1.82) is 0 Å². The van der Waals surface area contributed by atoms with E-state index in [9.17, 15) is 22.8 Å². The van der Waals surface area contributed by atoms with Gasteiger partial charge >= 0.3 is 12.1 Å². The third-order valence-electron chi connectivity index (χ3n) is 6.21. The zero-order chi connectivity index (χ0) is 26.9. The monoisotopic (exact) mass is 509 g/mol. The summed E-state index contributed by atoms with van der Waals surface area (Å²) in [5.41, 5.74) is 2.59. The molecule has 0 saturated heterocycles. The highest BCUT2D eigenvalue weighted by molar-refractivity contribution is 6.06. The fourth-order valence-corrected chi connectivity index (χ4v) is 4.26. The normalized spacial score (nSPS) is 12.6. The molecule has 192 valence electrons. The number of carbonyl (C=O) groups is 2. The number of fused-ring (bicyclic) bond motifs is 1. The minimum absolute atomic E-state index is 0.0358. The van der Waals surface area contributed by atoms with Gasteiger partial charge in [-0.2, -0.15) is 18.3 Å². The number of carboxylic acids is 1. The van der Waals surface area contributed by atoms with Crippen LogP contribution < -0.4 is 5.32 Å². The summed E-state index contributed by atoms with van der Waals surface area (Å²) in [7, 11) is 0. The maximum Gasteiger partial charge on any atom is 0.416 e. The fourth-order valence-electron chi connectivity index (χ4n) is 4.26. The predicted molar refractivity (Wildman–Crippen MR) is 134 cm³/mol. The summed E-state index contributed by atoms with van der Waals surface area (Å²) in [6, 6.07) is 16.3. The molecule has 1 atom stereocenters. The Morgan fingerprint density at radius 2 is 1.62 bits per heavy atom. The summed E-state index contributed by atoms with van der Waals surface area (Å²) in [6.07, 6.45) is -4.08. The first kappa shape index (κ1) is 25.9. The number of rotatable bonds is 7. The molecule has 1 unspecified atom stereocenters. The Kier molecular flexibility index (Phi) is 7.07. The average Bonchev–Trinajstić information content (AvgIpc) is 3.25. The van der Waals surface area contributed by atoms with Gasteiger partial charge < -0.3 is 10.4 Å². The summed E-state index contributed by atoms with van der Waals surface area (Å²) in [5.74, 6) is -1.44. The first-order chi connectivity index (χ1) is 17.5. The predicted octanol–water partition coefficient (Wildman–Crippen LogP) is 6.42. The number of halogens is 3. The average molecular weight is 510 g/mol. The Balaban J connectivity index is 1.68. The number of hydrogen-bond acceptors (Lipinski definition) is 3. The smallest absolute Gasteiger partial charge is 0.416 e. The number of benzene rings is 3. The summed E-state index contributed by atoms with van der Waals surface area (Å²) < 4.78 is 40.7. The van der Waals surface area contributed by atoms with Crippen LogP contribution in [0.15, 0.2) is 66.7 Å². The van der Waals surface area contributed by atoms with E-state index in [1.54, 1.807) is 23.7 Å². The Morgan fingerprint density at radius 3 is 2.19 bits per heavy atom. The lowest BCUT2D eigenvalue weighted by Gasteiger charge is -2.14. The first-order valence-corrected chi connectivity index (χ1v) is 11.8. The van der Waals surface area contributed by atoms with Crippen LogP contribution in [-0.2, 0) is 12.6 Å². The van der Waals surface area contributed by atoms with Gasteiger partial charge in [-0.1, -0.05) is 36.4 Å². The highest BCUT2D eigenvalue weighted by atomic mass is 19.4. The fraction of sp³-hybridized carbons (Fsp3) is 0.250. The minimum Gasteiger partial charge on any atom is -0.478 e. The highest BCUT2D eigenvalue weighted by Crippen LogP contribution is 2.31. The van der Waals surface area contributed by atoms with Crippen LogP contribution in [-0.4, -0.2) is 26.8 Å². The maximum atomic E-state index is 13.4.